The number of carbonyl (C=O) groups is 1. The first-order valence-electron chi connectivity index (χ1n) is 5.58. The van der Waals surface area contributed by atoms with Crippen LogP contribution in [0.3, 0.4) is 0 Å². The van der Waals surface area contributed by atoms with Crippen molar-refractivity contribution in [3.8, 4) is 11.5 Å². The van der Waals surface area contributed by atoms with Gasteiger partial charge in [-0.2, -0.15) is 13.2 Å². The third-order valence-corrected chi connectivity index (χ3v) is 2.33. The van der Waals surface area contributed by atoms with E-state index in [4.69, 9.17) is 4.74 Å². The van der Waals surface area contributed by atoms with Gasteiger partial charge in [-0.25, -0.2) is 4.79 Å². The van der Waals surface area contributed by atoms with Crippen LogP contribution >= 0.6 is 0 Å². The van der Waals surface area contributed by atoms with Crippen molar-refractivity contribution in [2.45, 2.75) is 6.18 Å². The quantitative estimate of drug-likeness (QED) is 0.609. The van der Waals surface area contributed by atoms with Crippen molar-refractivity contribution in [2.24, 2.45) is 0 Å². The lowest BCUT2D eigenvalue weighted by Crippen LogP contribution is -2.16. The number of para-hydroxylation sites is 2. The van der Waals surface area contributed by atoms with Crippen LogP contribution in [0.5, 0.6) is 11.5 Å². The fourth-order valence-corrected chi connectivity index (χ4v) is 1.49. The number of benzene rings is 2. The Balaban J connectivity index is 2.13. The molecule has 20 heavy (non-hydrogen) atoms. The summed E-state index contributed by atoms with van der Waals surface area (Å²) in [5.74, 6) is -0.414. The Kier molecular flexibility index (Phi) is 3.93. The molecule has 0 N–H and O–H groups in total. The van der Waals surface area contributed by atoms with Crippen LogP contribution in [0.15, 0.2) is 54.6 Å². The highest BCUT2D eigenvalue weighted by molar-refractivity contribution is 5.67. The Morgan fingerprint density at radius 3 is 2.10 bits per heavy atom. The normalized spacial score (nSPS) is 10.9. The highest BCUT2D eigenvalue weighted by Crippen LogP contribution is 2.36. The van der Waals surface area contributed by atoms with Crippen LogP contribution in [-0.2, 0) is 6.18 Å². The standard InChI is InChI=1S/C14H9F3O3/c15-14(16,17)11-8-4-5-9-12(11)20-13(18)19-10-6-2-1-3-7-10/h1-9H. The van der Waals surface area contributed by atoms with Crippen LogP contribution in [0.2, 0.25) is 0 Å². The topological polar surface area (TPSA) is 35.5 Å². The van der Waals surface area contributed by atoms with E-state index in [0.29, 0.717) is 0 Å². The van der Waals surface area contributed by atoms with Gasteiger partial charge in [0.25, 0.3) is 0 Å². The summed E-state index contributed by atoms with van der Waals surface area (Å²) in [5.41, 5.74) is -1.04. The van der Waals surface area contributed by atoms with Crippen molar-refractivity contribution < 1.29 is 27.4 Å². The monoisotopic (exact) mass is 282 g/mol. The molecule has 0 aliphatic carbocycles. The van der Waals surface area contributed by atoms with Gasteiger partial charge in [-0.05, 0) is 24.3 Å². The summed E-state index contributed by atoms with van der Waals surface area (Å²) in [4.78, 5) is 11.4. The Morgan fingerprint density at radius 2 is 1.45 bits per heavy atom. The summed E-state index contributed by atoms with van der Waals surface area (Å²) in [7, 11) is 0. The average Bonchev–Trinajstić information content (AvgIpc) is 2.39. The molecule has 104 valence electrons. The van der Waals surface area contributed by atoms with E-state index in [0.717, 1.165) is 12.1 Å². The van der Waals surface area contributed by atoms with Gasteiger partial charge in [-0.3, -0.25) is 0 Å². The molecule has 2 aromatic carbocycles. The number of carbonyl (C=O) groups excluding carboxylic acids is 1. The summed E-state index contributed by atoms with van der Waals surface area (Å²) in [6.45, 7) is 0. The smallest absolute Gasteiger partial charge is 0.395 e. The molecular weight excluding hydrogens is 273 g/mol. The summed E-state index contributed by atoms with van der Waals surface area (Å²) >= 11 is 0. The van der Waals surface area contributed by atoms with Crippen molar-refractivity contribution in [1.82, 2.24) is 0 Å². The van der Waals surface area contributed by atoms with Crippen molar-refractivity contribution in [1.29, 1.82) is 0 Å². The molecule has 0 radical (unpaired) electrons. The van der Waals surface area contributed by atoms with Crippen LogP contribution in [0.25, 0.3) is 0 Å². The number of hydrogen-bond donors (Lipinski definition) is 0. The molecule has 0 saturated carbocycles. The van der Waals surface area contributed by atoms with Crippen LogP contribution < -0.4 is 9.47 Å². The molecule has 3 nitrogen and oxygen atoms in total. The zero-order chi connectivity index (χ0) is 14.6. The fourth-order valence-electron chi connectivity index (χ4n) is 1.49. The van der Waals surface area contributed by atoms with Gasteiger partial charge in [0.15, 0.2) is 0 Å². The van der Waals surface area contributed by atoms with Gasteiger partial charge in [-0.15, -0.1) is 0 Å². The van der Waals surface area contributed by atoms with E-state index >= 15 is 0 Å². The summed E-state index contributed by atoms with van der Waals surface area (Å²) in [6, 6.07) is 12.3. The number of alkyl halides is 3. The third-order valence-electron chi connectivity index (χ3n) is 2.33. The van der Waals surface area contributed by atoms with E-state index < -0.39 is 23.6 Å². The predicted octanol–water partition coefficient (Wildman–Crippen LogP) is 4.28. The minimum absolute atomic E-state index is 0.182. The number of ether oxygens (including phenoxy) is 2. The van der Waals surface area contributed by atoms with Gasteiger partial charge in [0.1, 0.15) is 11.5 Å². The molecule has 0 amide bonds. The SMILES string of the molecule is O=C(Oc1ccccc1)Oc1ccccc1C(F)(F)F. The minimum atomic E-state index is -4.61. The van der Waals surface area contributed by atoms with E-state index in [1.807, 2.05) is 0 Å². The second kappa shape index (κ2) is 5.64. The fraction of sp³-hybridized carbons (Fsp3) is 0.0714. The first kappa shape index (κ1) is 13.9. The largest absolute Gasteiger partial charge is 0.519 e. The molecule has 2 rings (SSSR count). The first-order valence-corrected chi connectivity index (χ1v) is 5.58. The predicted molar refractivity (Wildman–Crippen MR) is 64.5 cm³/mol. The van der Waals surface area contributed by atoms with Crippen LogP contribution in [0, 0.1) is 0 Å². The molecule has 0 bridgehead atoms. The zero-order valence-electron chi connectivity index (χ0n) is 10.1. The van der Waals surface area contributed by atoms with Crippen LogP contribution in [0.1, 0.15) is 5.56 Å². The molecule has 0 saturated heterocycles. The third kappa shape index (κ3) is 3.50. The van der Waals surface area contributed by atoms with Crippen LogP contribution in [-0.4, -0.2) is 6.16 Å². The molecule has 0 spiro atoms. The molecule has 2 aromatic rings. The lowest BCUT2D eigenvalue weighted by molar-refractivity contribution is -0.138. The molecule has 0 aromatic heterocycles. The van der Waals surface area contributed by atoms with Crippen molar-refractivity contribution in [3.63, 3.8) is 0 Å². The molecule has 0 unspecified atom stereocenters. The van der Waals surface area contributed by atoms with Crippen molar-refractivity contribution in [2.75, 3.05) is 0 Å². The molecule has 0 aliphatic heterocycles. The Labute approximate surface area is 112 Å². The Hall–Kier alpha value is -2.50. The first-order chi connectivity index (χ1) is 9.47. The molecule has 0 atom stereocenters. The van der Waals surface area contributed by atoms with Gasteiger partial charge in [0.05, 0.1) is 5.56 Å². The van der Waals surface area contributed by atoms with E-state index in [9.17, 15) is 18.0 Å². The van der Waals surface area contributed by atoms with E-state index in [2.05, 4.69) is 4.74 Å². The number of rotatable bonds is 2. The molecule has 0 aliphatic rings. The number of halogens is 3. The lowest BCUT2D eigenvalue weighted by Gasteiger charge is -2.12. The molecular formula is C14H9F3O3. The highest BCUT2D eigenvalue weighted by Gasteiger charge is 2.34. The van der Waals surface area contributed by atoms with E-state index in [-0.39, 0.29) is 5.75 Å². The minimum Gasteiger partial charge on any atom is -0.395 e. The summed E-state index contributed by atoms with van der Waals surface area (Å²) in [6.07, 6.45) is -5.84. The van der Waals surface area contributed by atoms with Crippen LogP contribution in [0.4, 0.5) is 18.0 Å². The van der Waals surface area contributed by atoms with E-state index in [1.165, 1.54) is 24.3 Å². The maximum absolute atomic E-state index is 12.7. The summed E-state index contributed by atoms with van der Waals surface area (Å²) in [5, 5.41) is 0. The Bertz CT molecular complexity index is 594. The van der Waals surface area contributed by atoms with Gasteiger partial charge in [0.2, 0.25) is 0 Å². The van der Waals surface area contributed by atoms with Crippen molar-refractivity contribution >= 4 is 6.16 Å². The molecule has 6 heteroatoms. The Morgan fingerprint density at radius 1 is 0.850 bits per heavy atom. The second-order valence-electron chi connectivity index (χ2n) is 3.76. The van der Waals surface area contributed by atoms with Gasteiger partial charge in [0, 0.05) is 0 Å². The van der Waals surface area contributed by atoms with Gasteiger partial charge in [-0.1, -0.05) is 30.3 Å². The zero-order valence-corrected chi connectivity index (χ0v) is 10.1. The molecule has 0 fully saturated rings. The van der Waals surface area contributed by atoms with Gasteiger partial charge < -0.3 is 9.47 Å². The average molecular weight is 282 g/mol. The second-order valence-corrected chi connectivity index (χ2v) is 3.76. The maximum atomic E-state index is 12.7. The molecule has 0 heterocycles. The number of hydrogen-bond acceptors (Lipinski definition) is 3. The van der Waals surface area contributed by atoms with E-state index in [1.54, 1.807) is 18.2 Å². The van der Waals surface area contributed by atoms with Crippen molar-refractivity contribution in [3.05, 3.63) is 60.2 Å². The summed E-state index contributed by atoms with van der Waals surface area (Å²) < 4.78 is 47.4. The maximum Gasteiger partial charge on any atom is 0.519 e. The lowest BCUT2D eigenvalue weighted by atomic mass is 10.2. The highest BCUT2D eigenvalue weighted by atomic mass is 19.4. The van der Waals surface area contributed by atoms with Gasteiger partial charge >= 0.3 is 12.3 Å².